The van der Waals surface area contributed by atoms with E-state index in [-0.39, 0.29) is 55.6 Å². The van der Waals surface area contributed by atoms with Gasteiger partial charge in [0, 0.05) is 33.2 Å². The molecular weight excluding hydrogens is 436 g/mol. The predicted octanol–water partition coefficient (Wildman–Crippen LogP) is 0.616. The molecule has 1 amide bonds. The van der Waals surface area contributed by atoms with Crippen molar-refractivity contribution in [2.45, 2.75) is 33.4 Å². The first-order valence-corrected chi connectivity index (χ1v) is 11.0. The van der Waals surface area contributed by atoms with Gasteiger partial charge in [0.25, 0.3) is 11.1 Å². The number of H-pyrrole nitrogens is 1. The van der Waals surface area contributed by atoms with Crippen molar-refractivity contribution in [2.24, 2.45) is 5.92 Å². The number of nitrogens with two attached hydrogens (primary N) is 1. The predicted molar refractivity (Wildman–Crippen MR) is 123 cm³/mol. The number of ether oxygens (including phenoxy) is 1. The third-order valence-corrected chi connectivity index (χ3v) is 5.69. The van der Waals surface area contributed by atoms with Crippen LogP contribution in [0.3, 0.4) is 0 Å². The third kappa shape index (κ3) is 4.81. The van der Waals surface area contributed by atoms with Crippen LogP contribution in [0.2, 0.25) is 0 Å². The van der Waals surface area contributed by atoms with Crippen molar-refractivity contribution < 1.29 is 9.53 Å². The summed E-state index contributed by atoms with van der Waals surface area (Å²) in [6.45, 7) is 4.36. The molecule has 11 nitrogen and oxygen atoms in total. The van der Waals surface area contributed by atoms with E-state index in [9.17, 15) is 19.2 Å². The Kier molecular flexibility index (Phi) is 7.26. The summed E-state index contributed by atoms with van der Waals surface area (Å²) < 4.78 is 7.68. The summed E-state index contributed by atoms with van der Waals surface area (Å²) in [6.07, 6.45) is 1.32. The Hall–Kier alpha value is -3.25. The van der Waals surface area contributed by atoms with Crippen LogP contribution in [0.4, 0.5) is 11.5 Å². The molecule has 0 aliphatic rings. The number of methoxy groups -OCH3 is 1. The number of amides is 1. The van der Waals surface area contributed by atoms with Gasteiger partial charge >= 0.3 is 5.69 Å². The van der Waals surface area contributed by atoms with Crippen LogP contribution in [-0.4, -0.2) is 45.3 Å². The summed E-state index contributed by atoms with van der Waals surface area (Å²) in [4.78, 5) is 58.8. The minimum Gasteiger partial charge on any atom is -0.383 e. The number of carbonyl (C=O) groups excluding carboxylic acids is 1. The number of carbonyl (C=O) groups is 1. The Morgan fingerprint density at radius 2 is 2.09 bits per heavy atom. The summed E-state index contributed by atoms with van der Waals surface area (Å²) in [7, 11) is 1.47. The second kappa shape index (κ2) is 9.92. The number of nitrogens with zero attached hydrogens (tertiary/aromatic N) is 4. The van der Waals surface area contributed by atoms with E-state index in [2.05, 4.69) is 9.97 Å². The lowest BCUT2D eigenvalue weighted by molar-refractivity contribution is -0.119. The van der Waals surface area contributed by atoms with Crippen LogP contribution in [0.5, 0.6) is 0 Å². The fraction of sp³-hybridized carbons (Fsp3) is 0.450. The largest absolute Gasteiger partial charge is 0.383 e. The first kappa shape index (κ1) is 23.4. The van der Waals surface area contributed by atoms with Gasteiger partial charge in [0.05, 0.1) is 18.3 Å². The fourth-order valence-electron chi connectivity index (χ4n) is 3.33. The van der Waals surface area contributed by atoms with Crippen molar-refractivity contribution >= 4 is 39.0 Å². The number of aryl methyl sites for hydroxylation is 1. The zero-order valence-corrected chi connectivity index (χ0v) is 19.0. The van der Waals surface area contributed by atoms with Gasteiger partial charge in [0.2, 0.25) is 5.91 Å². The van der Waals surface area contributed by atoms with Gasteiger partial charge in [-0.05, 0) is 17.4 Å². The van der Waals surface area contributed by atoms with Gasteiger partial charge in [-0.1, -0.05) is 13.8 Å². The van der Waals surface area contributed by atoms with E-state index in [4.69, 9.17) is 10.5 Å². The number of anilines is 2. The first-order chi connectivity index (χ1) is 15.2. The molecule has 32 heavy (non-hydrogen) atoms. The van der Waals surface area contributed by atoms with E-state index in [1.165, 1.54) is 38.8 Å². The quantitative estimate of drug-likeness (QED) is 0.474. The molecule has 0 aliphatic carbocycles. The normalized spacial score (nSPS) is 11.4. The Labute approximate surface area is 187 Å². The second-order valence-corrected chi connectivity index (χ2v) is 8.56. The molecule has 0 spiro atoms. The molecule has 3 aromatic heterocycles. The molecule has 0 bridgehead atoms. The Morgan fingerprint density at radius 1 is 1.34 bits per heavy atom. The molecule has 0 aliphatic heterocycles. The summed E-state index contributed by atoms with van der Waals surface area (Å²) >= 11 is 1.36. The molecule has 0 unspecified atom stereocenters. The van der Waals surface area contributed by atoms with Gasteiger partial charge < -0.3 is 15.4 Å². The van der Waals surface area contributed by atoms with Crippen LogP contribution in [-0.2, 0) is 22.6 Å². The first-order valence-electron chi connectivity index (χ1n) is 10.1. The molecule has 0 saturated heterocycles. The van der Waals surface area contributed by atoms with E-state index in [0.717, 1.165) is 0 Å². The Balaban J connectivity index is 1.93. The topological polar surface area (TPSA) is 145 Å². The van der Waals surface area contributed by atoms with Gasteiger partial charge in [-0.2, -0.15) is 0 Å². The second-order valence-electron chi connectivity index (χ2n) is 7.67. The van der Waals surface area contributed by atoms with E-state index in [1.54, 1.807) is 11.4 Å². The monoisotopic (exact) mass is 462 g/mol. The Bertz CT molecular complexity index is 1290. The fourth-order valence-corrected chi connectivity index (χ4v) is 4.06. The van der Waals surface area contributed by atoms with E-state index in [0.29, 0.717) is 10.2 Å². The van der Waals surface area contributed by atoms with E-state index < -0.39 is 17.2 Å². The third-order valence-electron chi connectivity index (χ3n) is 4.87. The molecule has 3 aromatic rings. The maximum absolute atomic E-state index is 13.1. The number of aromatic nitrogens is 4. The van der Waals surface area contributed by atoms with Crippen LogP contribution in [0, 0.1) is 5.92 Å². The molecule has 12 heteroatoms. The molecule has 3 rings (SSSR count). The molecular formula is C20H26N6O5S. The lowest BCUT2D eigenvalue weighted by Crippen LogP contribution is -2.43. The van der Waals surface area contributed by atoms with Gasteiger partial charge in [0.1, 0.15) is 10.6 Å². The number of rotatable bonds is 9. The van der Waals surface area contributed by atoms with Crippen LogP contribution >= 0.6 is 11.3 Å². The Morgan fingerprint density at radius 3 is 2.78 bits per heavy atom. The summed E-state index contributed by atoms with van der Waals surface area (Å²) in [5, 5.41) is 2.27. The maximum atomic E-state index is 13.1. The lowest BCUT2D eigenvalue weighted by atomic mass is 10.2. The van der Waals surface area contributed by atoms with Crippen molar-refractivity contribution in [2.75, 3.05) is 30.9 Å². The smallest absolute Gasteiger partial charge is 0.330 e. The van der Waals surface area contributed by atoms with E-state index in [1.807, 2.05) is 13.8 Å². The maximum Gasteiger partial charge on any atom is 0.330 e. The van der Waals surface area contributed by atoms with Crippen LogP contribution in [0.25, 0.3) is 10.2 Å². The number of thiophene rings is 1. The van der Waals surface area contributed by atoms with Gasteiger partial charge in [-0.25, -0.2) is 9.78 Å². The highest BCUT2D eigenvalue weighted by atomic mass is 32.1. The standard InChI is InChI=1S/C20H26N6O5S/c1-12(2)10-26-16(21)15(17(28)23-20(26)30)25(7-8-31-3)14(27)4-6-24-11-22-18-13(19(24)29)5-9-32-18/h5,9,11-12H,4,6-8,10,21H2,1-3H3,(H,23,28,30). The van der Waals surface area contributed by atoms with Crippen molar-refractivity contribution in [1.82, 2.24) is 19.1 Å². The minimum atomic E-state index is -0.754. The molecule has 0 saturated carbocycles. The van der Waals surface area contributed by atoms with E-state index >= 15 is 0 Å². The van der Waals surface area contributed by atoms with Crippen molar-refractivity contribution in [3.63, 3.8) is 0 Å². The van der Waals surface area contributed by atoms with Crippen molar-refractivity contribution in [3.8, 4) is 0 Å². The molecule has 0 aromatic carbocycles. The number of nitrogens with one attached hydrogen (secondary N) is 1. The highest BCUT2D eigenvalue weighted by molar-refractivity contribution is 7.16. The molecule has 0 radical (unpaired) electrons. The highest BCUT2D eigenvalue weighted by Crippen LogP contribution is 2.19. The van der Waals surface area contributed by atoms with Gasteiger partial charge in [0.15, 0.2) is 5.69 Å². The lowest BCUT2D eigenvalue weighted by Gasteiger charge is -2.25. The average Bonchev–Trinajstić information content (AvgIpc) is 3.22. The number of nitrogen functional groups attached to an aromatic ring is 1. The van der Waals surface area contributed by atoms with Crippen LogP contribution in [0.15, 0.2) is 32.2 Å². The highest BCUT2D eigenvalue weighted by Gasteiger charge is 2.24. The number of hydrogen-bond donors (Lipinski definition) is 2. The summed E-state index contributed by atoms with van der Waals surface area (Å²) in [5.74, 6) is -0.440. The molecule has 172 valence electrons. The summed E-state index contributed by atoms with van der Waals surface area (Å²) in [5.41, 5.74) is 4.44. The van der Waals surface area contributed by atoms with Crippen molar-refractivity contribution in [3.05, 3.63) is 49.0 Å². The van der Waals surface area contributed by atoms with Gasteiger partial charge in [-0.15, -0.1) is 11.3 Å². The molecule has 0 atom stereocenters. The summed E-state index contributed by atoms with van der Waals surface area (Å²) in [6, 6.07) is 1.69. The zero-order valence-electron chi connectivity index (χ0n) is 18.2. The average molecular weight is 463 g/mol. The molecule has 3 heterocycles. The minimum absolute atomic E-state index is 0.0548. The zero-order chi connectivity index (χ0) is 23.4. The van der Waals surface area contributed by atoms with Crippen LogP contribution < -0.4 is 27.4 Å². The molecule has 3 N–H and O–H groups in total. The van der Waals surface area contributed by atoms with Crippen molar-refractivity contribution in [1.29, 1.82) is 0 Å². The number of hydrogen-bond acceptors (Lipinski definition) is 8. The number of fused-ring (bicyclic) bond motifs is 1. The SMILES string of the molecule is COCCN(C(=O)CCn1cnc2sccc2c1=O)c1c(N)n(CC(C)C)c(=O)[nH]c1=O. The van der Waals surface area contributed by atoms with Crippen LogP contribution in [0.1, 0.15) is 20.3 Å². The van der Waals surface area contributed by atoms with Gasteiger partial charge in [-0.3, -0.25) is 28.5 Å². The molecule has 0 fully saturated rings. The number of aromatic amines is 1.